The van der Waals surface area contributed by atoms with Crippen LogP contribution in [0, 0.1) is 0 Å². The van der Waals surface area contributed by atoms with Gasteiger partial charge in [0.05, 0.1) is 0 Å². The lowest BCUT2D eigenvalue weighted by Crippen LogP contribution is -2.04. The van der Waals surface area contributed by atoms with Gasteiger partial charge in [-0.25, -0.2) is 15.0 Å². The molecule has 256 valence electrons. The molecule has 0 aliphatic heterocycles. The van der Waals surface area contributed by atoms with E-state index in [1.54, 1.807) is 0 Å². The van der Waals surface area contributed by atoms with Gasteiger partial charge in [-0.05, 0) is 86.2 Å². The van der Waals surface area contributed by atoms with Crippen molar-refractivity contribution in [3.8, 4) is 78.4 Å². The maximum Gasteiger partial charge on any atom is 0.164 e. The van der Waals surface area contributed by atoms with E-state index in [0.717, 1.165) is 63.2 Å². The number of aromatic nitrogens is 3. The first-order valence-corrected chi connectivity index (χ1v) is 18.5. The van der Waals surface area contributed by atoms with Crippen molar-refractivity contribution in [3.05, 3.63) is 206 Å². The van der Waals surface area contributed by atoms with Crippen LogP contribution < -0.4 is 0 Å². The van der Waals surface area contributed by atoms with Gasteiger partial charge in [0.25, 0.3) is 0 Å². The molecule has 0 radical (unpaired) electrons. The Bertz CT molecular complexity index is 2610. The molecule has 8 aromatic rings. The summed E-state index contributed by atoms with van der Waals surface area (Å²) in [5.74, 6) is 2.06. The van der Waals surface area contributed by atoms with Crippen molar-refractivity contribution in [3.63, 3.8) is 0 Å². The molecule has 0 spiro atoms. The molecule has 3 nitrogen and oxygen atoms in total. The van der Waals surface area contributed by atoms with Crippen LogP contribution in [0.25, 0.3) is 84.0 Å². The van der Waals surface area contributed by atoms with E-state index in [4.69, 9.17) is 15.0 Å². The molecule has 54 heavy (non-hydrogen) atoms. The fourth-order valence-electron chi connectivity index (χ4n) is 7.44. The summed E-state index contributed by atoms with van der Waals surface area (Å²) in [5.41, 5.74) is 14.7. The first-order valence-electron chi connectivity index (χ1n) is 18.5. The van der Waals surface area contributed by atoms with Gasteiger partial charge in [0, 0.05) is 11.1 Å². The zero-order valence-corrected chi connectivity index (χ0v) is 29.8. The Balaban J connectivity index is 1.33. The lowest BCUT2D eigenvalue weighted by Gasteiger charge is -2.24. The molecule has 0 N–H and O–H groups in total. The second-order valence-electron chi connectivity index (χ2n) is 13.5. The number of nitrogens with zero attached hydrogens (tertiary/aromatic N) is 3. The van der Waals surface area contributed by atoms with Gasteiger partial charge in [0.1, 0.15) is 0 Å². The number of hydrogen-bond donors (Lipinski definition) is 0. The summed E-state index contributed by atoms with van der Waals surface area (Å²) in [4.78, 5) is 15.2. The summed E-state index contributed by atoms with van der Waals surface area (Å²) in [6.45, 7) is 0. The third-order valence-electron chi connectivity index (χ3n) is 10.00. The van der Waals surface area contributed by atoms with Gasteiger partial charge < -0.3 is 0 Å². The highest BCUT2D eigenvalue weighted by Gasteiger charge is 2.24. The predicted octanol–water partition coefficient (Wildman–Crippen LogP) is 13.3. The molecule has 9 rings (SSSR count). The van der Waals surface area contributed by atoms with Crippen LogP contribution >= 0.6 is 0 Å². The molecule has 1 aliphatic rings. The van der Waals surface area contributed by atoms with E-state index < -0.39 is 0 Å². The summed E-state index contributed by atoms with van der Waals surface area (Å²) in [7, 11) is 0. The number of rotatable bonds is 8. The molecule has 7 aromatic carbocycles. The molecule has 3 heteroatoms. The Morgan fingerprint density at radius 2 is 0.759 bits per heavy atom. The SMILES string of the molecule is C1=CCCC(c2nc(-c3ccccc3)nc(-c3cccc(-c4cc(-c5ccccc5)c(-c5ccccc5)c(-c5ccccc5)c4-c4ccccc4)c3)n2)=C1. The first kappa shape index (κ1) is 32.9. The minimum Gasteiger partial charge on any atom is -0.209 e. The van der Waals surface area contributed by atoms with Gasteiger partial charge in [-0.1, -0.05) is 188 Å². The number of allylic oxidation sites excluding steroid dienone is 4. The second kappa shape index (κ2) is 14.9. The summed E-state index contributed by atoms with van der Waals surface area (Å²) in [6, 6.07) is 64.5. The first-order chi connectivity index (χ1) is 26.8. The molecule has 1 aliphatic carbocycles. The van der Waals surface area contributed by atoms with Crippen molar-refractivity contribution < 1.29 is 0 Å². The van der Waals surface area contributed by atoms with E-state index in [1.165, 1.54) is 27.8 Å². The summed E-state index contributed by atoms with van der Waals surface area (Å²) in [5, 5.41) is 0. The quantitative estimate of drug-likeness (QED) is 0.159. The van der Waals surface area contributed by atoms with Crippen molar-refractivity contribution in [2.24, 2.45) is 0 Å². The van der Waals surface area contributed by atoms with Crippen LogP contribution in [0.5, 0.6) is 0 Å². The molecular weight excluding hydrogens is 655 g/mol. The van der Waals surface area contributed by atoms with Crippen molar-refractivity contribution in [1.29, 1.82) is 0 Å². The topological polar surface area (TPSA) is 38.7 Å². The minimum absolute atomic E-state index is 0.657. The van der Waals surface area contributed by atoms with E-state index in [1.807, 2.05) is 18.2 Å². The van der Waals surface area contributed by atoms with Crippen LogP contribution in [0.1, 0.15) is 18.7 Å². The van der Waals surface area contributed by atoms with Crippen LogP contribution in [0.15, 0.2) is 200 Å². The Labute approximate surface area is 316 Å². The second-order valence-corrected chi connectivity index (χ2v) is 13.5. The number of hydrogen-bond acceptors (Lipinski definition) is 3. The molecule has 0 atom stereocenters. The van der Waals surface area contributed by atoms with E-state index >= 15 is 0 Å². The standard InChI is InChI=1S/C51H37N3/c1-7-20-36(21-8-1)44-35-45(47(38-24-11-3-12-25-38)48(39-26-13-4-14-27-39)46(44)37-22-9-2-10-23-37)42-32-19-33-43(34-42)51-53-49(40-28-15-5-16-29-40)52-50(54-51)41-30-17-6-18-31-41/h1-17,19-30,32-35H,18,31H2. The number of benzene rings is 7. The van der Waals surface area contributed by atoms with E-state index in [2.05, 4.69) is 182 Å². The average molecular weight is 692 g/mol. The molecular formula is C51H37N3. The van der Waals surface area contributed by atoms with Gasteiger partial charge in [-0.3, -0.25) is 0 Å². The minimum atomic E-state index is 0.657. The largest absolute Gasteiger partial charge is 0.209 e. The highest BCUT2D eigenvalue weighted by molar-refractivity contribution is 6.07. The van der Waals surface area contributed by atoms with Gasteiger partial charge in [0.2, 0.25) is 0 Å². The third kappa shape index (κ3) is 6.60. The zero-order valence-electron chi connectivity index (χ0n) is 29.8. The van der Waals surface area contributed by atoms with Crippen molar-refractivity contribution in [2.75, 3.05) is 0 Å². The Morgan fingerprint density at radius 3 is 1.30 bits per heavy atom. The maximum atomic E-state index is 5.13. The Kier molecular flexibility index (Phi) is 9.11. The zero-order chi connectivity index (χ0) is 36.1. The van der Waals surface area contributed by atoms with Gasteiger partial charge >= 0.3 is 0 Å². The molecule has 0 unspecified atom stereocenters. The smallest absolute Gasteiger partial charge is 0.164 e. The lowest BCUT2D eigenvalue weighted by atomic mass is 9.79. The Hall–Kier alpha value is -6.97. The van der Waals surface area contributed by atoms with E-state index in [9.17, 15) is 0 Å². The normalized spacial score (nSPS) is 12.3. The molecule has 0 fully saturated rings. The lowest BCUT2D eigenvalue weighted by molar-refractivity contribution is 0.978. The van der Waals surface area contributed by atoms with Crippen molar-refractivity contribution >= 4 is 5.57 Å². The van der Waals surface area contributed by atoms with Crippen LogP contribution in [0.3, 0.4) is 0 Å². The van der Waals surface area contributed by atoms with E-state index in [0.29, 0.717) is 11.6 Å². The highest BCUT2D eigenvalue weighted by atomic mass is 15.0. The van der Waals surface area contributed by atoms with Gasteiger partial charge in [0.15, 0.2) is 17.5 Å². The molecule has 1 heterocycles. The molecule has 0 saturated carbocycles. The van der Waals surface area contributed by atoms with Crippen LogP contribution in [0.2, 0.25) is 0 Å². The third-order valence-corrected chi connectivity index (χ3v) is 10.00. The summed E-state index contributed by atoms with van der Waals surface area (Å²) in [6.07, 6.45) is 8.28. The molecule has 0 amide bonds. The molecule has 0 bridgehead atoms. The highest BCUT2D eigenvalue weighted by Crippen LogP contribution is 2.50. The average Bonchev–Trinajstić information content (AvgIpc) is 3.27. The predicted molar refractivity (Wildman–Crippen MR) is 224 cm³/mol. The fourth-order valence-corrected chi connectivity index (χ4v) is 7.44. The van der Waals surface area contributed by atoms with Crippen molar-refractivity contribution in [2.45, 2.75) is 12.8 Å². The van der Waals surface area contributed by atoms with Crippen LogP contribution in [-0.4, -0.2) is 15.0 Å². The van der Waals surface area contributed by atoms with Gasteiger partial charge in [-0.2, -0.15) is 0 Å². The Morgan fingerprint density at radius 1 is 0.333 bits per heavy atom. The van der Waals surface area contributed by atoms with Crippen LogP contribution in [-0.2, 0) is 0 Å². The van der Waals surface area contributed by atoms with Crippen molar-refractivity contribution in [1.82, 2.24) is 15.0 Å². The fraction of sp³-hybridized carbons (Fsp3) is 0.0392. The summed E-state index contributed by atoms with van der Waals surface area (Å²) < 4.78 is 0. The molecule has 1 aromatic heterocycles. The maximum absolute atomic E-state index is 5.13. The summed E-state index contributed by atoms with van der Waals surface area (Å²) >= 11 is 0. The monoisotopic (exact) mass is 691 g/mol. The van der Waals surface area contributed by atoms with Gasteiger partial charge in [-0.15, -0.1) is 0 Å². The molecule has 0 saturated heterocycles. The van der Waals surface area contributed by atoms with E-state index in [-0.39, 0.29) is 0 Å². The van der Waals surface area contributed by atoms with Crippen LogP contribution in [0.4, 0.5) is 0 Å².